The van der Waals surface area contributed by atoms with E-state index < -0.39 is 0 Å². The molecule has 0 fully saturated rings. The molecule has 2 aromatic heterocycles. The molecule has 0 saturated heterocycles. The summed E-state index contributed by atoms with van der Waals surface area (Å²) in [7, 11) is 0. The number of aromatic nitrogens is 1. The van der Waals surface area contributed by atoms with Crippen LogP contribution in [0.4, 0.5) is 5.69 Å². The van der Waals surface area contributed by atoms with Gasteiger partial charge < -0.3 is 9.88 Å². The predicted octanol–water partition coefficient (Wildman–Crippen LogP) is 4.96. The molecular weight excluding hydrogens is 332 g/mol. The first-order valence-electron chi connectivity index (χ1n) is 8.48. The molecule has 0 atom stereocenters. The third-order valence-corrected chi connectivity index (χ3v) is 4.90. The van der Waals surface area contributed by atoms with Crippen molar-refractivity contribution in [3.8, 4) is 0 Å². The number of fused-ring (bicyclic) bond motifs is 1. The number of hydrogen-bond acceptors (Lipinski definition) is 3. The maximum atomic E-state index is 12.1. The molecule has 0 aliphatic carbocycles. The Morgan fingerprint density at radius 1 is 1.16 bits per heavy atom. The number of rotatable bonds is 7. The van der Waals surface area contributed by atoms with Crippen molar-refractivity contribution < 1.29 is 9.59 Å². The van der Waals surface area contributed by atoms with Gasteiger partial charge in [0.05, 0.1) is 4.88 Å². The number of carbonyl (C=O) groups excluding carboxylic acids is 2. The summed E-state index contributed by atoms with van der Waals surface area (Å²) < 4.78 is 2.23. The van der Waals surface area contributed by atoms with Crippen molar-refractivity contribution in [2.75, 3.05) is 5.32 Å². The lowest BCUT2D eigenvalue weighted by Gasteiger charge is -2.09. The highest BCUT2D eigenvalue weighted by molar-refractivity contribution is 7.12. The second-order valence-corrected chi connectivity index (χ2v) is 7.53. The van der Waals surface area contributed by atoms with Crippen LogP contribution >= 0.6 is 11.3 Å². The van der Waals surface area contributed by atoms with Crippen LogP contribution in [0.1, 0.15) is 36.4 Å². The Balaban J connectivity index is 1.60. The molecule has 0 aliphatic heterocycles. The Morgan fingerprint density at radius 3 is 2.72 bits per heavy atom. The fraction of sp³-hybridized carbons (Fsp3) is 0.300. The maximum Gasteiger partial charge on any atom is 0.224 e. The Labute approximate surface area is 151 Å². The van der Waals surface area contributed by atoms with Crippen molar-refractivity contribution in [3.05, 3.63) is 52.9 Å². The first-order chi connectivity index (χ1) is 12.0. The molecule has 25 heavy (non-hydrogen) atoms. The monoisotopic (exact) mass is 354 g/mol. The van der Waals surface area contributed by atoms with Gasteiger partial charge in [-0.2, -0.15) is 0 Å². The standard InChI is InChI=1S/C20H22N2O2S/c1-14(2)13-22-10-9-15-12-16(5-6-17(15)22)21-20(24)8-7-18(23)19-4-3-11-25-19/h3-6,9-12,14H,7-8,13H2,1-2H3,(H,21,24). The fourth-order valence-corrected chi connectivity index (χ4v) is 3.54. The van der Waals surface area contributed by atoms with Crippen LogP contribution in [0.25, 0.3) is 10.9 Å². The van der Waals surface area contributed by atoms with Gasteiger partial charge in [0.15, 0.2) is 5.78 Å². The van der Waals surface area contributed by atoms with Crippen molar-refractivity contribution in [1.82, 2.24) is 4.57 Å². The van der Waals surface area contributed by atoms with Crippen LogP contribution in [0.15, 0.2) is 48.0 Å². The molecule has 1 N–H and O–H groups in total. The molecule has 1 amide bonds. The number of benzene rings is 1. The highest BCUT2D eigenvalue weighted by atomic mass is 32.1. The zero-order chi connectivity index (χ0) is 17.8. The number of hydrogen-bond donors (Lipinski definition) is 1. The molecule has 3 aromatic rings. The summed E-state index contributed by atoms with van der Waals surface area (Å²) in [5.74, 6) is 0.466. The maximum absolute atomic E-state index is 12.1. The second-order valence-electron chi connectivity index (χ2n) is 6.58. The van der Waals surface area contributed by atoms with Gasteiger partial charge in [0.2, 0.25) is 5.91 Å². The molecule has 3 rings (SSSR count). The summed E-state index contributed by atoms with van der Waals surface area (Å²) in [6.45, 7) is 5.36. The Hall–Kier alpha value is -2.40. The van der Waals surface area contributed by atoms with Gasteiger partial charge in [-0.1, -0.05) is 19.9 Å². The third kappa shape index (κ3) is 4.37. The molecule has 0 aliphatic rings. The molecule has 2 heterocycles. The van der Waals surface area contributed by atoms with E-state index in [1.54, 1.807) is 6.07 Å². The highest BCUT2D eigenvalue weighted by Gasteiger charge is 2.11. The Morgan fingerprint density at radius 2 is 2.00 bits per heavy atom. The number of nitrogens with zero attached hydrogens (tertiary/aromatic N) is 1. The minimum Gasteiger partial charge on any atom is -0.347 e. The molecule has 0 unspecified atom stereocenters. The molecule has 4 nitrogen and oxygen atoms in total. The number of thiophene rings is 1. The number of ketones is 1. The third-order valence-electron chi connectivity index (χ3n) is 3.99. The van der Waals surface area contributed by atoms with Gasteiger partial charge in [-0.15, -0.1) is 11.3 Å². The van der Waals surface area contributed by atoms with Gasteiger partial charge in [0.1, 0.15) is 0 Å². The lowest BCUT2D eigenvalue weighted by Crippen LogP contribution is -2.13. The van der Waals surface area contributed by atoms with Crippen LogP contribution in [0.3, 0.4) is 0 Å². The van der Waals surface area contributed by atoms with Crippen LogP contribution in [-0.4, -0.2) is 16.3 Å². The van der Waals surface area contributed by atoms with E-state index in [4.69, 9.17) is 0 Å². The molecule has 0 saturated carbocycles. The van der Waals surface area contributed by atoms with Gasteiger partial charge in [-0.25, -0.2) is 0 Å². The van der Waals surface area contributed by atoms with E-state index in [-0.39, 0.29) is 24.5 Å². The first kappa shape index (κ1) is 17.4. The van der Waals surface area contributed by atoms with Gasteiger partial charge >= 0.3 is 0 Å². The fourth-order valence-electron chi connectivity index (χ4n) is 2.84. The van der Waals surface area contributed by atoms with Crippen molar-refractivity contribution in [2.24, 2.45) is 5.92 Å². The molecule has 0 bridgehead atoms. The van der Waals surface area contributed by atoms with E-state index in [0.29, 0.717) is 10.8 Å². The minimum atomic E-state index is -0.133. The van der Waals surface area contributed by atoms with Crippen LogP contribution in [0.5, 0.6) is 0 Å². The van der Waals surface area contributed by atoms with Crippen molar-refractivity contribution in [1.29, 1.82) is 0 Å². The Kier molecular flexibility index (Phi) is 5.34. The van der Waals surface area contributed by atoms with Crippen LogP contribution in [-0.2, 0) is 11.3 Å². The molecule has 0 radical (unpaired) electrons. The summed E-state index contributed by atoms with van der Waals surface area (Å²) >= 11 is 1.41. The van der Waals surface area contributed by atoms with Crippen LogP contribution in [0, 0.1) is 5.92 Å². The predicted molar refractivity (Wildman–Crippen MR) is 103 cm³/mol. The van der Waals surface area contributed by atoms with Crippen LogP contribution in [0.2, 0.25) is 0 Å². The topological polar surface area (TPSA) is 51.1 Å². The lowest BCUT2D eigenvalue weighted by atomic mass is 10.1. The minimum absolute atomic E-state index is 0.0198. The van der Waals surface area contributed by atoms with Crippen molar-refractivity contribution in [3.63, 3.8) is 0 Å². The smallest absolute Gasteiger partial charge is 0.224 e. The summed E-state index contributed by atoms with van der Waals surface area (Å²) in [5, 5.41) is 5.86. The van der Waals surface area contributed by atoms with Gasteiger partial charge in [0.25, 0.3) is 0 Å². The molecular formula is C20H22N2O2S. The van der Waals surface area contributed by atoms with E-state index >= 15 is 0 Å². The molecule has 130 valence electrons. The number of amides is 1. The van der Waals surface area contributed by atoms with Gasteiger partial charge in [0, 0.05) is 42.2 Å². The quantitative estimate of drug-likeness (QED) is 0.610. The number of Topliss-reactive ketones (excluding diaryl/α,β-unsaturated/α-hetero) is 1. The average Bonchev–Trinajstić information content (AvgIpc) is 3.22. The largest absolute Gasteiger partial charge is 0.347 e. The van der Waals surface area contributed by atoms with Crippen molar-refractivity contribution >= 4 is 39.6 Å². The summed E-state index contributed by atoms with van der Waals surface area (Å²) in [5.41, 5.74) is 1.93. The van der Waals surface area contributed by atoms with Gasteiger partial charge in [-0.3, -0.25) is 9.59 Å². The SMILES string of the molecule is CC(C)Cn1ccc2cc(NC(=O)CCC(=O)c3cccs3)ccc21. The average molecular weight is 354 g/mol. The van der Waals surface area contributed by atoms with E-state index in [1.807, 2.05) is 29.6 Å². The van der Waals surface area contributed by atoms with E-state index in [9.17, 15) is 9.59 Å². The normalized spacial score (nSPS) is 11.2. The Bertz CT molecular complexity index is 878. The summed E-state index contributed by atoms with van der Waals surface area (Å²) in [6.07, 6.45) is 2.51. The zero-order valence-corrected chi connectivity index (χ0v) is 15.3. The summed E-state index contributed by atoms with van der Waals surface area (Å²) in [4.78, 5) is 24.8. The second kappa shape index (κ2) is 7.66. The molecule has 5 heteroatoms. The van der Waals surface area contributed by atoms with Crippen molar-refractivity contribution in [2.45, 2.75) is 33.2 Å². The number of carbonyl (C=O) groups is 2. The highest BCUT2D eigenvalue weighted by Crippen LogP contribution is 2.22. The zero-order valence-electron chi connectivity index (χ0n) is 14.5. The van der Waals surface area contributed by atoms with E-state index in [1.165, 1.54) is 16.9 Å². The summed E-state index contributed by atoms with van der Waals surface area (Å²) in [6, 6.07) is 11.6. The first-order valence-corrected chi connectivity index (χ1v) is 9.36. The molecule has 0 spiro atoms. The number of nitrogens with one attached hydrogen (secondary N) is 1. The number of anilines is 1. The van der Waals surface area contributed by atoms with Gasteiger partial charge in [-0.05, 0) is 41.6 Å². The van der Waals surface area contributed by atoms with Crippen LogP contribution < -0.4 is 5.32 Å². The molecule has 1 aromatic carbocycles. The lowest BCUT2D eigenvalue weighted by molar-refractivity contribution is -0.116. The van der Waals surface area contributed by atoms with E-state index in [2.05, 4.69) is 36.0 Å². The van der Waals surface area contributed by atoms with E-state index in [0.717, 1.165) is 17.6 Å².